The molecule has 1 atom stereocenters. The fourth-order valence-electron chi connectivity index (χ4n) is 5.65. The zero-order valence-corrected chi connectivity index (χ0v) is 30.6. The van der Waals surface area contributed by atoms with Crippen molar-refractivity contribution in [1.29, 1.82) is 0 Å². The molecule has 0 bridgehead atoms. The molecule has 0 aromatic rings. The lowest BCUT2D eigenvalue weighted by atomic mass is 10.0. The lowest BCUT2D eigenvalue weighted by molar-refractivity contribution is -0.152. The minimum absolute atomic E-state index is 0.116. The summed E-state index contributed by atoms with van der Waals surface area (Å²) in [5.74, 6) is -0.573. The molecule has 5 nitrogen and oxygen atoms in total. The summed E-state index contributed by atoms with van der Waals surface area (Å²) >= 11 is 0. The lowest BCUT2D eigenvalue weighted by Crippen LogP contribution is -2.25. The Morgan fingerprint density at radius 1 is 0.457 bits per heavy atom. The molecule has 0 rings (SSSR count). The van der Waals surface area contributed by atoms with Gasteiger partial charge in [-0.3, -0.25) is 9.59 Å². The average molecular weight is 649 g/mol. The molecule has 0 aliphatic carbocycles. The first-order valence-corrected chi connectivity index (χ1v) is 19.9. The maximum atomic E-state index is 12.0. The highest BCUT2D eigenvalue weighted by molar-refractivity contribution is 5.69. The van der Waals surface area contributed by atoms with E-state index in [1.165, 1.54) is 135 Å². The third kappa shape index (κ3) is 36.8. The molecule has 0 fully saturated rings. The molecule has 1 unspecified atom stereocenters. The van der Waals surface area contributed by atoms with E-state index in [0.29, 0.717) is 12.8 Å². The van der Waals surface area contributed by atoms with E-state index in [0.717, 1.165) is 44.9 Å². The van der Waals surface area contributed by atoms with Crippen molar-refractivity contribution in [3.8, 4) is 0 Å². The highest BCUT2D eigenvalue weighted by Gasteiger charge is 2.12. The van der Waals surface area contributed by atoms with Gasteiger partial charge in [-0.25, -0.2) is 0 Å². The number of unbranched alkanes of at least 4 members (excludes halogenated alkanes) is 24. The van der Waals surface area contributed by atoms with Gasteiger partial charge in [-0.2, -0.15) is 0 Å². The molecule has 0 amide bonds. The normalized spacial score (nSPS) is 12.3. The molecule has 0 heterocycles. The van der Waals surface area contributed by atoms with Crippen molar-refractivity contribution in [3.05, 3.63) is 24.3 Å². The van der Waals surface area contributed by atoms with Gasteiger partial charge in [0.25, 0.3) is 0 Å². The monoisotopic (exact) mass is 649 g/mol. The minimum atomic E-state index is -0.965. The molecule has 0 spiro atoms. The van der Waals surface area contributed by atoms with E-state index in [2.05, 4.69) is 38.2 Å². The van der Waals surface area contributed by atoms with E-state index >= 15 is 0 Å². The number of carbonyl (C=O) groups is 2. The van der Waals surface area contributed by atoms with Crippen LogP contribution in [0.2, 0.25) is 0 Å². The Bertz CT molecular complexity index is 701. The molecule has 0 aromatic heterocycles. The standard InChI is InChI=1S/C41H76O5/c1-3-5-7-9-11-13-15-17-19-20-22-24-26-28-30-32-34-36-41(44)46-38-39(42)37-45-40(43)35-33-31-29-27-25-23-21-18-16-14-12-10-8-6-4-2/h12,14,18,21,39,42H,3-11,13,15-17,19-20,22-38H2,1-2H3/b14-12-,21-18-. The van der Waals surface area contributed by atoms with Crippen LogP contribution in [-0.4, -0.2) is 36.4 Å². The van der Waals surface area contributed by atoms with Crippen LogP contribution in [0, 0.1) is 0 Å². The van der Waals surface area contributed by atoms with Crippen molar-refractivity contribution in [3.63, 3.8) is 0 Å². The van der Waals surface area contributed by atoms with Crippen LogP contribution < -0.4 is 0 Å². The number of allylic oxidation sites excluding steroid dienone is 4. The molecule has 5 heteroatoms. The molecule has 46 heavy (non-hydrogen) atoms. The van der Waals surface area contributed by atoms with Crippen molar-refractivity contribution in [2.45, 2.75) is 213 Å². The van der Waals surface area contributed by atoms with Crippen LogP contribution in [0.25, 0.3) is 0 Å². The summed E-state index contributed by atoms with van der Waals surface area (Å²) in [4.78, 5) is 23.9. The highest BCUT2D eigenvalue weighted by Crippen LogP contribution is 2.15. The van der Waals surface area contributed by atoms with Gasteiger partial charge in [0.1, 0.15) is 19.3 Å². The summed E-state index contributed by atoms with van der Waals surface area (Å²) in [7, 11) is 0. The quantitative estimate of drug-likeness (QED) is 0.0416. The van der Waals surface area contributed by atoms with E-state index < -0.39 is 6.10 Å². The topological polar surface area (TPSA) is 72.8 Å². The Labute approximate surface area is 285 Å². The number of ether oxygens (including phenoxy) is 2. The zero-order chi connectivity index (χ0) is 33.6. The molecule has 0 aliphatic rings. The molecule has 0 saturated heterocycles. The van der Waals surface area contributed by atoms with Gasteiger partial charge in [0, 0.05) is 12.8 Å². The summed E-state index contributed by atoms with van der Waals surface area (Å²) in [6.07, 6.45) is 43.7. The van der Waals surface area contributed by atoms with Crippen LogP contribution in [0.5, 0.6) is 0 Å². The smallest absolute Gasteiger partial charge is 0.305 e. The number of aliphatic hydroxyl groups is 1. The molecule has 0 aliphatic heterocycles. The summed E-state index contributed by atoms with van der Waals surface area (Å²) in [6, 6.07) is 0. The van der Waals surface area contributed by atoms with Crippen LogP contribution in [0.15, 0.2) is 24.3 Å². The zero-order valence-electron chi connectivity index (χ0n) is 30.6. The molecule has 0 saturated carbocycles. The van der Waals surface area contributed by atoms with E-state index in [4.69, 9.17) is 9.47 Å². The van der Waals surface area contributed by atoms with Gasteiger partial charge < -0.3 is 14.6 Å². The van der Waals surface area contributed by atoms with Gasteiger partial charge in [-0.1, -0.05) is 173 Å². The summed E-state index contributed by atoms with van der Waals surface area (Å²) < 4.78 is 10.3. The highest BCUT2D eigenvalue weighted by atomic mass is 16.6. The van der Waals surface area contributed by atoms with E-state index in [-0.39, 0.29) is 25.2 Å². The second kappa shape index (κ2) is 37.8. The Morgan fingerprint density at radius 3 is 1.15 bits per heavy atom. The first kappa shape index (κ1) is 44.4. The largest absolute Gasteiger partial charge is 0.463 e. The van der Waals surface area contributed by atoms with Gasteiger partial charge in [0.2, 0.25) is 0 Å². The van der Waals surface area contributed by atoms with Gasteiger partial charge >= 0.3 is 11.9 Å². The van der Waals surface area contributed by atoms with Crippen molar-refractivity contribution in [2.75, 3.05) is 13.2 Å². The van der Waals surface area contributed by atoms with Crippen LogP contribution in [0.1, 0.15) is 206 Å². The average Bonchev–Trinajstić information content (AvgIpc) is 3.06. The van der Waals surface area contributed by atoms with Crippen molar-refractivity contribution >= 4 is 11.9 Å². The van der Waals surface area contributed by atoms with Gasteiger partial charge in [-0.05, 0) is 44.9 Å². The fourth-order valence-corrected chi connectivity index (χ4v) is 5.65. The predicted molar refractivity (Wildman–Crippen MR) is 196 cm³/mol. The molecule has 0 aromatic carbocycles. The van der Waals surface area contributed by atoms with E-state index in [1.54, 1.807) is 0 Å². The van der Waals surface area contributed by atoms with Crippen LogP contribution >= 0.6 is 0 Å². The number of hydrogen-bond acceptors (Lipinski definition) is 5. The molecular weight excluding hydrogens is 572 g/mol. The Balaban J connectivity index is 3.42. The first-order valence-electron chi connectivity index (χ1n) is 19.9. The summed E-state index contributed by atoms with van der Waals surface area (Å²) in [5, 5.41) is 10.0. The van der Waals surface area contributed by atoms with E-state index in [1.807, 2.05) is 0 Å². The van der Waals surface area contributed by atoms with E-state index in [9.17, 15) is 14.7 Å². The molecule has 0 radical (unpaired) electrons. The lowest BCUT2D eigenvalue weighted by Gasteiger charge is -2.12. The summed E-state index contributed by atoms with van der Waals surface area (Å²) in [5.41, 5.74) is 0. The van der Waals surface area contributed by atoms with Crippen molar-refractivity contribution in [1.82, 2.24) is 0 Å². The van der Waals surface area contributed by atoms with Crippen LogP contribution in [-0.2, 0) is 19.1 Å². The van der Waals surface area contributed by atoms with Gasteiger partial charge in [0.15, 0.2) is 0 Å². The molecular formula is C41H76O5. The first-order chi connectivity index (χ1) is 22.6. The second-order valence-electron chi connectivity index (χ2n) is 13.4. The maximum Gasteiger partial charge on any atom is 0.305 e. The fraction of sp³-hybridized carbons (Fsp3) is 0.854. The second-order valence-corrected chi connectivity index (χ2v) is 13.4. The number of hydrogen-bond donors (Lipinski definition) is 1. The number of carbonyl (C=O) groups excluding carboxylic acids is 2. The van der Waals surface area contributed by atoms with Crippen LogP contribution in [0.4, 0.5) is 0 Å². The SMILES string of the molecule is CCCCC/C=C\C/C=C\CCCCCCCC(=O)OCC(O)COC(=O)CCCCCCCCCCCCCCCCCCC. The van der Waals surface area contributed by atoms with Crippen molar-refractivity contribution < 1.29 is 24.2 Å². The molecule has 1 N–H and O–H groups in total. The van der Waals surface area contributed by atoms with Gasteiger partial charge in [-0.15, -0.1) is 0 Å². The molecule has 270 valence electrons. The van der Waals surface area contributed by atoms with Gasteiger partial charge in [0.05, 0.1) is 0 Å². The number of esters is 2. The number of aliphatic hydroxyl groups excluding tert-OH is 1. The van der Waals surface area contributed by atoms with Crippen LogP contribution in [0.3, 0.4) is 0 Å². The third-order valence-corrected chi connectivity index (χ3v) is 8.69. The third-order valence-electron chi connectivity index (χ3n) is 8.69. The Hall–Kier alpha value is -1.62. The Morgan fingerprint density at radius 2 is 0.761 bits per heavy atom. The summed E-state index contributed by atoms with van der Waals surface area (Å²) in [6.45, 7) is 4.28. The van der Waals surface area contributed by atoms with Crippen molar-refractivity contribution in [2.24, 2.45) is 0 Å². The predicted octanol–water partition coefficient (Wildman–Crippen LogP) is 12.3. The number of rotatable bonds is 36. The maximum absolute atomic E-state index is 12.0. The minimum Gasteiger partial charge on any atom is -0.463 e. The Kier molecular flexibility index (Phi) is 36.5.